The van der Waals surface area contributed by atoms with Gasteiger partial charge in [-0.15, -0.1) is 0 Å². The monoisotopic (exact) mass is 253 g/mol. The van der Waals surface area contributed by atoms with E-state index in [9.17, 15) is 0 Å². The van der Waals surface area contributed by atoms with Crippen molar-refractivity contribution in [2.24, 2.45) is 0 Å². The summed E-state index contributed by atoms with van der Waals surface area (Å²) in [7, 11) is 5.02. The minimum atomic E-state index is 0.214. The zero-order valence-electron chi connectivity index (χ0n) is 10.9. The van der Waals surface area contributed by atoms with Gasteiger partial charge in [-0.3, -0.25) is 0 Å². The van der Waals surface area contributed by atoms with E-state index < -0.39 is 0 Å². The van der Waals surface area contributed by atoms with Crippen LogP contribution in [0.5, 0.6) is 6.01 Å². The van der Waals surface area contributed by atoms with Crippen LogP contribution in [-0.4, -0.2) is 48.4 Å². The highest BCUT2D eigenvalue weighted by Gasteiger charge is 2.27. The van der Waals surface area contributed by atoms with Crippen LogP contribution in [0.15, 0.2) is 0 Å². The quantitative estimate of drug-likeness (QED) is 0.806. The predicted octanol–water partition coefficient (Wildman–Crippen LogP) is 0.901. The predicted molar refractivity (Wildman–Crippen MR) is 68.0 cm³/mol. The van der Waals surface area contributed by atoms with Crippen LogP contribution in [0.4, 0.5) is 11.9 Å². The molecule has 0 amide bonds. The van der Waals surface area contributed by atoms with E-state index in [1.807, 2.05) is 0 Å². The van der Waals surface area contributed by atoms with Gasteiger partial charge >= 0.3 is 6.01 Å². The van der Waals surface area contributed by atoms with E-state index in [1.54, 1.807) is 14.2 Å². The Bertz CT molecular complexity index is 379. The molecule has 7 nitrogen and oxygen atoms in total. The van der Waals surface area contributed by atoms with Gasteiger partial charge in [0, 0.05) is 14.2 Å². The molecule has 0 bridgehead atoms. The van der Waals surface area contributed by atoms with Crippen molar-refractivity contribution >= 4 is 11.9 Å². The molecule has 100 valence electrons. The van der Waals surface area contributed by atoms with Crippen LogP contribution >= 0.6 is 0 Å². The van der Waals surface area contributed by atoms with Crippen LogP contribution in [0.1, 0.15) is 19.3 Å². The lowest BCUT2D eigenvalue weighted by Crippen LogP contribution is -2.30. The van der Waals surface area contributed by atoms with Gasteiger partial charge in [0.1, 0.15) is 0 Å². The number of methoxy groups -OCH3 is 2. The molecule has 0 saturated heterocycles. The first kappa shape index (κ1) is 12.8. The third kappa shape index (κ3) is 2.79. The first-order chi connectivity index (χ1) is 8.76. The Morgan fingerprint density at radius 2 is 1.89 bits per heavy atom. The lowest BCUT2D eigenvalue weighted by atomic mass is 10.2. The van der Waals surface area contributed by atoms with Crippen molar-refractivity contribution in [2.75, 3.05) is 31.9 Å². The first-order valence-corrected chi connectivity index (χ1v) is 6.04. The van der Waals surface area contributed by atoms with Crippen molar-refractivity contribution in [1.29, 1.82) is 0 Å². The summed E-state index contributed by atoms with van der Waals surface area (Å²) in [5.41, 5.74) is 0. The number of nitrogens with one attached hydrogen (secondary N) is 2. The molecule has 2 N–H and O–H groups in total. The fourth-order valence-corrected chi connectivity index (χ4v) is 2.16. The summed E-state index contributed by atoms with van der Waals surface area (Å²) in [5, 5.41) is 6.16. The largest absolute Gasteiger partial charge is 0.467 e. The van der Waals surface area contributed by atoms with Crippen molar-refractivity contribution in [1.82, 2.24) is 15.0 Å². The molecule has 1 fully saturated rings. The molecule has 7 heteroatoms. The molecule has 1 saturated carbocycles. The molecule has 2 atom stereocenters. The van der Waals surface area contributed by atoms with Gasteiger partial charge in [-0.25, -0.2) is 0 Å². The number of anilines is 2. The van der Waals surface area contributed by atoms with E-state index >= 15 is 0 Å². The van der Waals surface area contributed by atoms with Crippen molar-refractivity contribution < 1.29 is 9.47 Å². The number of ether oxygens (including phenoxy) is 2. The molecule has 1 aliphatic carbocycles. The van der Waals surface area contributed by atoms with Gasteiger partial charge in [0.05, 0.1) is 19.3 Å². The molecule has 0 aromatic carbocycles. The van der Waals surface area contributed by atoms with Gasteiger partial charge in [0.15, 0.2) is 0 Å². The van der Waals surface area contributed by atoms with Gasteiger partial charge in [-0.2, -0.15) is 15.0 Å². The fraction of sp³-hybridized carbons (Fsp3) is 0.727. The number of aromatic nitrogens is 3. The van der Waals surface area contributed by atoms with Crippen LogP contribution in [0, 0.1) is 0 Å². The van der Waals surface area contributed by atoms with Gasteiger partial charge < -0.3 is 20.1 Å². The molecule has 0 radical (unpaired) electrons. The van der Waals surface area contributed by atoms with E-state index in [2.05, 4.69) is 25.6 Å². The highest BCUT2D eigenvalue weighted by atomic mass is 16.5. The highest BCUT2D eigenvalue weighted by Crippen LogP contribution is 2.24. The number of hydrogen-bond donors (Lipinski definition) is 2. The number of hydrogen-bond acceptors (Lipinski definition) is 7. The summed E-state index contributed by atoms with van der Waals surface area (Å²) in [6.07, 6.45) is 3.49. The molecule has 2 unspecified atom stereocenters. The van der Waals surface area contributed by atoms with E-state index in [4.69, 9.17) is 9.47 Å². The van der Waals surface area contributed by atoms with Crippen LogP contribution in [0.25, 0.3) is 0 Å². The molecule has 1 aromatic heterocycles. The average molecular weight is 253 g/mol. The normalized spacial score (nSPS) is 22.8. The molecule has 0 spiro atoms. The first-order valence-electron chi connectivity index (χ1n) is 6.04. The maximum Gasteiger partial charge on any atom is 0.322 e. The average Bonchev–Trinajstić information content (AvgIpc) is 2.85. The van der Waals surface area contributed by atoms with Crippen molar-refractivity contribution in [3.63, 3.8) is 0 Å². The lowest BCUT2D eigenvalue weighted by Gasteiger charge is -2.19. The minimum absolute atomic E-state index is 0.214. The van der Waals surface area contributed by atoms with Crippen molar-refractivity contribution in [3.8, 4) is 6.01 Å². The summed E-state index contributed by atoms with van der Waals surface area (Å²) in [5.74, 6) is 0.997. The molecule has 18 heavy (non-hydrogen) atoms. The second kappa shape index (κ2) is 5.81. The molecule has 1 aliphatic rings. The van der Waals surface area contributed by atoms with Gasteiger partial charge in [-0.05, 0) is 19.3 Å². The summed E-state index contributed by atoms with van der Waals surface area (Å²) in [4.78, 5) is 12.5. The van der Waals surface area contributed by atoms with Crippen LogP contribution in [-0.2, 0) is 4.74 Å². The Morgan fingerprint density at radius 3 is 2.56 bits per heavy atom. The third-order valence-electron chi connectivity index (χ3n) is 3.09. The van der Waals surface area contributed by atoms with E-state index in [0.717, 1.165) is 19.3 Å². The molecule has 1 heterocycles. The Hall–Kier alpha value is -1.63. The molecule has 0 aliphatic heterocycles. The smallest absolute Gasteiger partial charge is 0.322 e. The Morgan fingerprint density at radius 1 is 1.11 bits per heavy atom. The van der Waals surface area contributed by atoms with E-state index in [-0.39, 0.29) is 12.1 Å². The SMILES string of the molecule is CNc1nc(NC2CCCC2OC)nc(OC)n1. The number of rotatable bonds is 5. The topological polar surface area (TPSA) is 81.2 Å². The molecular formula is C11H19N5O2. The third-order valence-corrected chi connectivity index (χ3v) is 3.09. The zero-order valence-corrected chi connectivity index (χ0v) is 10.9. The summed E-state index contributed by atoms with van der Waals surface area (Å²) < 4.78 is 10.5. The second-order valence-corrected chi connectivity index (χ2v) is 4.18. The van der Waals surface area contributed by atoms with Crippen LogP contribution in [0.3, 0.4) is 0 Å². The maximum absolute atomic E-state index is 5.43. The van der Waals surface area contributed by atoms with Crippen molar-refractivity contribution in [2.45, 2.75) is 31.4 Å². The Labute approximate surface area is 106 Å². The van der Waals surface area contributed by atoms with Gasteiger partial charge in [0.2, 0.25) is 11.9 Å². The standard InChI is InChI=1S/C11H19N5O2/c1-12-9-14-10(16-11(15-9)18-3)13-7-5-4-6-8(7)17-2/h7-8H,4-6H2,1-3H3,(H2,12,13,14,15,16). The van der Waals surface area contributed by atoms with Crippen LogP contribution < -0.4 is 15.4 Å². The molecule has 1 aromatic rings. The number of nitrogens with zero attached hydrogens (tertiary/aromatic N) is 3. The Balaban J connectivity index is 2.12. The fourth-order valence-electron chi connectivity index (χ4n) is 2.16. The molecular weight excluding hydrogens is 234 g/mol. The van der Waals surface area contributed by atoms with Crippen LogP contribution in [0.2, 0.25) is 0 Å². The maximum atomic E-state index is 5.43. The lowest BCUT2D eigenvalue weighted by molar-refractivity contribution is 0.101. The summed E-state index contributed by atoms with van der Waals surface area (Å²) in [6.45, 7) is 0. The van der Waals surface area contributed by atoms with E-state index in [1.165, 1.54) is 7.11 Å². The second-order valence-electron chi connectivity index (χ2n) is 4.18. The summed E-state index contributed by atoms with van der Waals surface area (Å²) >= 11 is 0. The van der Waals surface area contributed by atoms with Gasteiger partial charge in [-0.1, -0.05) is 0 Å². The molecule has 2 rings (SSSR count). The zero-order chi connectivity index (χ0) is 13.0. The van der Waals surface area contributed by atoms with E-state index in [0.29, 0.717) is 17.9 Å². The minimum Gasteiger partial charge on any atom is -0.467 e. The summed E-state index contributed by atoms with van der Waals surface area (Å²) in [6, 6.07) is 0.538. The highest BCUT2D eigenvalue weighted by molar-refractivity contribution is 5.36. The van der Waals surface area contributed by atoms with Gasteiger partial charge in [0.25, 0.3) is 0 Å². The Kier molecular flexibility index (Phi) is 4.14. The van der Waals surface area contributed by atoms with Crippen molar-refractivity contribution in [3.05, 3.63) is 0 Å².